The van der Waals surface area contributed by atoms with E-state index in [2.05, 4.69) is 21.3 Å². The van der Waals surface area contributed by atoms with E-state index in [-0.39, 0.29) is 75.0 Å². The Morgan fingerprint density at radius 2 is 0.395 bits per heavy atom. The van der Waals surface area contributed by atoms with E-state index in [9.17, 15) is 76.7 Å². The van der Waals surface area contributed by atoms with Crippen molar-refractivity contribution < 1.29 is 76.7 Å². The maximum atomic E-state index is 12.2. The average Bonchev–Trinajstić information content (AvgIpc) is 4.01. The first-order chi connectivity index (χ1) is 36.4. The van der Waals surface area contributed by atoms with Crippen molar-refractivity contribution in [3.63, 3.8) is 0 Å². The van der Waals surface area contributed by atoms with E-state index in [4.69, 9.17) is 0 Å². The van der Waals surface area contributed by atoms with E-state index in [1.165, 1.54) is 0 Å². The van der Waals surface area contributed by atoms with Gasteiger partial charge in [-0.2, -0.15) is 0 Å². The van der Waals surface area contributed by atoms with E-state index in [1.54, 1.807) is 97.1 Å². The molecule has 4 saturated heterocycles. The van der Waals surface area contributed by atoms with E-state index >= 15 is 0 Å². The van der Waals surface area contributed by atoms with E-state index < -0.39 is 95.1 Å². The Labute approximate surface area is 428 Å². The van der Waals surface area contributed by atoms with Crippen molar-refractivity contribution in [2.24, 2.45) is 0 Å². The molecule has 4 unspecified atom stereocenters. The average molecular weight is 1030 g/mol. The van der Waals surface area contributed by atoms with Crippen molar-refractivity contribution in [2.75, 3.05) is 0 Å². The molecule has 24 nitrogen and oxygen atoms in total. The summed E-state index contributed by atoms with van der Waals surface area (Å²) in [6.07, 6.45) is 1.22. The standard InChI is InChI=1S/4C13H10N2O4/c4*16-10-6-5-9(11(17)14-10)15-12(18)7-3-1-2-4-8(7)13(15)19/h4*1-4,9H,5-6H2,(H,14,16,17). The van der Waals surface area contributed by atoms with Gasteiger partial charge >= 0.3 is 0 Å². The second-order valence-electron chi connectivity index (χ2n) is 18.0. The molecule has 24 heteroatoms. The first-order valence-corrected chi connectivity index (χ1v) is 23.6. The molecule has 12 rings (SSSR count). The van der Waals surface area contributed by atoms with Crippen LogP contribution in [0.4, 0.5) is 0 Å². The van der Waals surface area contributed by atoms with Gasteiger partial charge in [-0.25, -0.2) is 0 Å². The van der Waals surface area contributed by atoms with Gasteiger partial charge in [-0.15, -0.1) is 0 Å². The van der Waals surface area contributed by atoms with E-state index in [1.807, 2.05) is 0 Å². The maximum absolute atomic E-state index is 12.2. The zero-order chi connectivity index (χ0) is 54.3. The summed E-state index contributed by atoms with van der Waals surface area (Å²) in [6.45, 7) is 0. The summed E-state index contributed by atoms with van der Waals surface area (Å²) in [7, 11) is 0. The van der Waals surface area contributed by atoms with Crippen molar-refractivity contribution in [1.29, 1.82) is 0 Å². The molecule has 76 heavy (non-hydrogen) atoms. The van der Waals surface area contributed by atoms with Crippen LogP contribution < -0.4 is 21.3 Å². The maximum Gasteiger partial charge on any atom is 0.262 e. The minimum atomic E-state index is -0.898. The third-order valence-corrected chi connectivity index (χ3v) is 13.4. The van der Waals surface area contributed by atoms with Crippen molar-refractivity contribution in [3.05, 3.63) is 142 Å². The van der Waals surface area contributed by atoms with Crippen LogP contribution in [0, 0.1) is 0 Å². The molecule has 0 bridgehead atoms. The molecule has 384 valence electrons. The predicted molar refractivity (Wildman–Crippen MR) is 252 cm³/mol. The number of hydrogen-bond acceptors (Lipinski definition) is 16. The van der Waals surface area contributed by atoms with Gasteiger partial charge in [-0.3, -0.25) is 118 Å². The topological polar surface area (TPSA) is 334 Å². The lowest BCUT2D eigenvalue weighted by atomic mass is 10.0. The number of amides is 16. The second-order valence-corrected chi connectivity index (χ2v) is 18.0. The van der Waals surface area contributed by atoms with Crippen LogP contribution in [0.3, 0.4) is 0 Å². The summed E-state index contributed by atoms with van der Waals surface area (Å²) < 4.78 is 0. The summed E-state index contributed by atoms with van der Waals surface area (Å²) >= 11 is 0. The van der Waals surface area contributed by atoms with Crippen molar-refractivity contribution in [1.82, 2.24) is 40.9 Å². The smallest absolute Gasteiger partial charge is 0.262 e. The SMILES string of the molecule is O=C1CCC(N2C(=O)c3ccccc3C2=O)C(=O)N1.O=C1CCC(N2C(=O)c3ccccc3C2=O)C(=O)N1.O=C1CCC(N2C(=O)c3ccccc3C2=O)C(=O)N1.O=C1CCC(N2C(=O)c3ccccc3C2=O)C(=O)N1. The lowest BCUT2D eigenvalue weighted by Gasteiger charge is -2.27. The number of imide groups is 8. The third-order valence-electron chi connectivity index (χ3n) is 13.4. The molecular weight excluding hydrogens is 993 g/mol. The Morgan fingerprint density at radius 3 is 0.526 bits per heavy atom. The van der Waals surface area contributed by atoms with Crippen LogP contribution in [-0.4, -0.2) is 138 Å². The van der Waals surface area contributed by atoms with Crippen molar-refractivity contribution >= 4 is 94.5 Å². The summed E-state index contributed by atoms with van der Waals surface area (Å²) in [6, 6.07) is 22.2. The number of nitrogens with zero attached hydrogens (tertiary/aromatic N) is 4. The summed E-state index contributed by atoms with van der Waals surface area (Å²) in [5, 5.41) is 8.60. The number of nitrogens with one attached hydrogen (secondary N) is 4. The fourth-order valence-electron chi connectivity index (χ4n) is 9.68. The molecule has 0 aromatic heterocycles. The Balaban J connectivity index is 0.000000124. The number of fused-ring (bicyclic) bond motifs is 4. The molecule has 16 amide bonds. The monoisotopic (exact) mass is 1030 g/mol. The Hall–Kier alpha value is -10.0. The van der Waals surface area contributed by atoms with E-state index in [0.29, 0.717) is 44.5 Å². The molecule has 4 fully saturated rings. The molecule has 0 aliphatic carbocycles. The fourth-order valence-corrected chi connectivity index (χ4v) is 9.68. The number of benzene rings is 4. The van der Waals surface area contributed by atoms with Gasteiger partial charge in [0.25, 0.3) is 47.3 Å². The molecule has 0 spiro atoms. The van der Waals surface area contributed by atoms with Crippen LogP contribution in [0.5, 0.6) is 0 Å². The number of carbonyl (C=O) groups excluding carboxylic acids is 16. The van der Waals surface area contributed by atoms with Gasteiger partial charge in [0.1, 0.15) is 24.2 Å². The molecule has 4 aromatic carbocycles. The molecule has 8 heterocycles. The second kappa shape index (κ2) is 20.5. The van der Waals surface area contributed by atoms with Gasteiger partial charge in [0.2, 0.25) is 47.3 Å². The fraction of sp³-hybridized carbons (Fsp3) is 0.231. The van der Waals surface area contributed by atoms with Crippen LogP contribution in [0.25, 0.3) is 0 Å². The molecular formula is C52H40N8O16. The first kappa shape index (κ1) is 50.9. The number of rotatable bonds is 4. The minimum Gasteiger partial charge on any atom is -0.295 e. The molecule has 4 N–H and O–H groups in total. The Kier molecular flexibility index (Phi) is 13.7. The zero-order valence-corrected chi connectivity index (χ0v) is 39.5. The summed E-state index contributed by atoms with van der Waals surface area (Å²) in [4.78, 5) is 193. The minimum absolute atomic E-state index is 0.129. The number of hydrogen-bond donors (Lipinski definition) is 4. The lowest BCUT2D eigenvalue weighted by molar-refractivity contribution is -0.137. The molecule has 4 atom stereocenters. The molecule has 4 aromatic rings. The van der Waals surface area contributed by atoms with Crippen LogP contribution in [0.2, 0.25) is 0 Å². The zero-order valence-electron chi connectivity index (χ0n) is 39.5. The predicted octanol–water partition coefficient (Wildman–Crippen LogP) is 0.351. The highest BCUT2D eigenvalue weighted by atomic mass is 16.2. The first-order valence-electron chi connectivity index (χ1n) is 23.6. The van der Waals surface area contributed by atoms with Crippen LogP contribution in [0.15, 0.2) is 97.1 Å². The van der Waals surface area contributed by atoms with Gasteiger partial charge < -0.3 is 0 Å². The van der Waals surface area contributed by atoms with Crippen LogP contribution in [-0.2, 0) is 38.4 Å². The molecule has 8 aliphatic rings. The summed E-state index contributed by atoms with van der Waals surface area (Å²) in [5.41, 5.74) is 2.42. The number of carbonyl (C=O) groups is 16. The van der Waals surface area contributed by atoms with Crippen LogP contribution in [0.1, 0.15) is 134 Å². The molecule has 0 saturated carbocycles. The number of piperidine rings is 4. The Bertz CT molecular complexity index is 2790. The lowest BCUT2D eigenvalue weighted by Crippen LogP contribution is -2.54. The quantitative estimate of drug-likeness (QED) is 0.200. The normalized spacial score (nSPS) is 22.5. The van der Waals surface area contributed by atoms with Gasteiger partial charge in [0.05, 0.1) is 44.5 Å². The summed E-state index contributed by atoms with van der Waals surface area (Å²) in [5.74, 6) is -7.69. The highest BCUT2D eigenvalue weighted by Crippen LogP contribution is 2.31. The molecule has 0 radical (unpaired) electrons. The highest BCUT2D eigenvalue weighted by Gasteiger charge is 2.48. The van der Waals surface area contributed by atoms with Gasteiger partial charge in [-0.05, 0) is 74.2 Å². The van der Waals surface area contributed by atoms with Crippen LogP contribution >= 0.6 is 0 Å². The van der Waals surface area contributed by atoms with Gasteiger partial charge in [0.15, 0.2) is 0 Å². The molecule has 8 aliphatic heterocycles. The van der Waals surface area contributed by atoms with E-state index in [0.717, 1.165) is 19.6 Å². The third kappa shape index (κ3) is 9.22. The van der Waals surface area contributed by atoms with Gasteiger partial charge in [-0.1, -0.05) is 48.5 Å². The highest BCUT2D eigenvalue weighted by molar-refractivity contribution is 6.26. The van der Waals surface area contributed by atoms with Crippen molar-refractivity contribution in [2.45, 2.75) is 75.5 Å². The van der Waals surface area contributed by atoms with Crippen molar-refractivity contribution in [3.8, 4) is 0 Å². The Morgan fingerprint density at radius 1 is 0.250 bits per heavy atom. The largest absolute Gasteiger partial charge is 0.295 e. The van der Waals surface area contributed by atoms with Gasteiger partial charge in [0, 0.05) is 25.7 Å².